The second kappa shape index (κ2) is 5.01. The summed E-state index contributed by atoms with van der Waals surface area (Å²) >= 11 is 0. The predicted molar refractivity (Wildman–Crippen MR) is 63.4 cm³/mol. The molecule has 0 bridgehead atoms. The average molecular weight is 219 g/mol. The van der Waals surface area contributed by atoms with Crippen molar-refractivity contribution in [2.24, 2.45) is 5.92 Å². The summed E-state index contributed by atoms with van der Waals surface area (Å²) in [7, 11) is 0. The fourth-order valence-corrected chi connectivity index (χ4v) is 2.35. The Balaban J connectivity index is 2.04. The Morgan fingerprint density at radius 2 is 1.88 bits per heavy atom. The van der Waals surface area contributed by atoms with Gasteiger partial charge in [0.05, 0.1) is 5.92 Å². The van der Waals surface area contributed by atoms with Gasteiger partial charge in [-0.2, -0.15) is 0 Å². The third-order valence-electron chi connectivity index (χ3n) is 3.21. The molecule has 0 saturated heterocycles. The molecule has 86 valence electrons. The summed E-state index contributed by atoms with van der Waals surface area (Å²) in [6, 6.07) is 9.91. The van der Waals surface area contributed by atoms with Crippen LogP contribution in [0.3, 0.4) is 0 Å². The number of para-hydroxylation sites is 1. The summed E-state index contributed by atoms with van der Waals surface area (Å²) < 4.78 is 0. The summed E-state index contributed by atoms with van der Waals surface area (Å²) in [6.07, 6.45) is 3.89. The summed E-state index contributed by atoms with van der Waals surface area (Å²) in [6.45, 7) is 0. The Bertz CT molecular complexity index is 350. The standard InChI is InChI=1S/C13H17NO2/c15-13(16)11-8-4-5-9-12(11)14-10-6-2-1-3-7-10/h1-3,6-7,11-12,14H,4-5,8-9H2,(H,15,16). The zero-order valence-corrected chi connectivity index (χ0v) is 9.23. The lowest BCUT2D eigenvalue weighted by Crippen LogP contribution is -2.37. The quantitative estimate of drug-likeness (QED) is 0.821. The summed E-state index contributed by atoms with van der Waals surface area (Å²) in [4.78, 5) is 11.1. The van der Waals surface area contributed by atoms with Crippen LogP contribution < -0.4 is 5.32 Å². The van der Waals surface area contributed by atoms with E-state index < -0.39 is 5.97 Å². The van der Waals surface area contributed by atoms with Crippen molar-refractivity contribution in [1.29, 1.82) is 0 Å². The molecule has 2 N–H and O–H groups in total. The number of benzene rings is 1. The lowest BCUT2D eigenvalue weighted by molar-refractivity contribution is -0.143. The van der Waals surface area contributed by atoms with E-state index in [-0.39, 0.29) is 12.0 Å². The van der Waals surface area contributed by atoms with Gasteiger partial charge in [0.2, 0.25) is 0 Å². The zero-order valence-electron chi connectivity index (χ0n) is 9.23. The van der Waals surface area contributed by atoms with Gasteiger partial charge in [-0.1, -0.05) is 31.0 Å². The molecule has 2 atom stereocenters. The highest BCUT2D eigenvalue weighted by atomic mass is 16.4. The second-order valence-electron chi connectivity index (χ2n) is 4.35. The molecule has 1 aromatic rings. The maximum atomic E-state index is 11.1. The summed E-state index contributed by atoms with van der Waals surface area (Å²) in [5.41, 5.74) is 1.01. The van der Waals surface area contributed by atoms with Crippen molar-refractivity contribution in [3.05, 3.63) is 30.3 Å². The van der Waals surface area contributed by atoms with Crippen LogP contribution in [0.25, 0.3) is 0 Å². The van der Waals surface area contributed by atoms with Crippen molar-refractivity contribution in [2.75, 3.05) is 5.32 Å². The average Bonchev–Trinajstić information content (AvgIpc) is 2.31. The topological polar surface area (TPSA) is 49.3 Å². The van der Waals surface area contributed by atoms with E-state index in [1.807, 2.05) is 30.3 Å². The van der Waals surface area contributed by atoms with Crippen LogP contribution >= 0.6 is 0 Å². The van der Waals surface area contributed by atoms with Gasteiger partial charge in [0.15, 0.2) is 0 Å². The molecule has 3 heteroatoms. The van der Waals surface area contributed by atoms with Crippen LogP contribution in [0.15, 0.2) is 30.3 Å². The number of carboxylic acids is 1. The van der Waals surface area contributed by atoms with Crippen molar-refractivity contribution < 1.29 is 9.90 Å². The second-order valence-corrected chi connectivity index (χ2v) is 4.35. The minimum Gasteiger partial charge on any atom is -0.481 e. The van der Waals surface area contributed by atoms with Crippen molar-refractivity contribution in [2.45, 2.75) is 31.7 Å². The SMILES string of the molecule is O=C(O)C1CCCCC1Nc1ccccc1. The van der Waals surface area contributed by atoms with Crippen molar-refractivity contribution in [3.63, 3.8) is 0 Å². The van der Waals surface area contributed by atoms with Crippen LogP contribution in [0.4, 0.5) is 5.69 Å². The maximum absolute atomic E-state index is 11.1. The first-order valence-corrected chi connectivity index (χ1v) is 5.82. The van der Waals surface area contributed by atoms with E-state index in [2.05, 4.69) is 5.32 Å². The van der Waals surface area contributed by atoms with Crippen LogP contribution in [0.2, 0.25) is 0 Å². The van der Waals surface area contributed by atoms with E-state index in [0.717, 1.165) is 31.4 Å². The molecule has 0 spiro atoms. The van der Waals surface area contributed by atoms with E-state index in [9.17, 15) is 4.79 Å². The molecule has 3 nitrogen and oxygen atoms in total. The van der Waals surface area contributed by atoms with Crippen LogP contribution in [0.1, 0.15) is 25.7 Å². The monoisotopic (exact) mass is 219 g/mol. The summed E-state index contributed by atoms with van der Waals surface area (Å²) in [5.74, 6) is -0.915. The van der Waals surface area contributed by atoms with Crippen LogP contribution in [0, 0.1) is 5.92 Å². The van der Waals surface area contributed by atoms with E-state index in [1.165, 1.54) is 0 Å². The largest absolute Gasteiger partial charge is 0.481 e. The molecule has 2 unspecified atom stereocenters. The molecular weight excluding hydrogens is 202 g/mol. The van der Waals surface area contributed by atoms with Gasteiger partial charge in [0.1, 0.15) is 0 Å². The smallest absolute Gasteiger partial charge is 0.308 e. The molecule has 1 aliphatic rings. The molecule has 0 amide bonds. The molecule has 1 aliphatic carbocycles. The van der Waals surface area contributed by atoms with E-state index in [0.29, 0.717) is 0 Å². The van der Waals surface area contributed by atoms with Crippen molar-refractivity contribution in [1.82, 2.24) is 0 Å². The molecule has 1 saturated carbocycles. The molecule has 0 aromatic heterocycles. The van der Waals surface area contributed by atoms with Crippen LogP contribution in [0.5, 0.6) is 0 Å². The number of hydrogen-bond donors (Lipinski definition) is 2. The highest BCUT2D eigenvalue weighted by molar-refractivity contribution is 5.71. The number of aliphatic carboxylic acids is 1. The Morgan fingerprint density at radius 1 is 1.19 bits per heavy atom. The molecule has 0 radical (unpaired) electrons. The Morgan fingerprint density at radius 3 is 2.56 bits per heavy atom. The third kappa shape index (κ3) is 2.54. The Labute approximate surface area is 95.5 Å². The third-order valence-corrected chi connectivity index (χ3v) is 3.21. The number of nitrogens with one attached hydrogen (secondary N) is 1. The number of anilines is 1. The zero-order chi connectivity index (χ0) is 11.4. The van der Waals surface area contributed by atoms with E-state index in [4.69, 9.17) is 5.11 Å². The van der Waals surface area contributed by atoms with Crippen molar-refractivity contribution in [3.8, 4) is 0 Å². The number of hydrogen-bond acceptors (Lipinski definition) is 2. The number of rotatable bonds is 3. The minimum atomic E-state index is -0.673. The molecule has 1 fully saturated rings. The first-order valence-electron chi connectivity index (χ1n) is 5.82. The molecular formula is C13H17NO2. The van der Waals surface area contributed by atoms with Gasteiger partial charge < -0.3 is 10.4 Å². The molecule has 1 aromatic carbocycles. The van der Waals surface area contributed by atoms with Crippen molar-refractivity contribution >= 4 is 11.7 Å². The number of carboxylic acid groups (broad SMARTS) is 1. The molecule has 2 rings (SSSR count). The van der Waals surface area contributed by atoms with Gasteiger partial charge in [-0.3, -0.25) is 4.79 Å². The Kier molecular flexibility index (Phi) is 3.44. The lowest BCUT2D eigenvalue weighted by atomic mass is 9.84. The molecule has 0 aliphatic heterocycles. The molecule has 16 heavy (non-hydrogen) atoms. The first-order chi connectivity index (χ1) is 7.77. The van der Waals surface area contributed by atoms with Gasteiger partial charge in [-0.05, 0) is 25.0 Å². The maximum Gasteiger partial charge on any atom is 0.308 e. The molecule has 0 heterocycles. The van der Waals surface area contributed by atoms with Gasteiger partial charge in [-0.15, -0.1) is 0 Å². The lowest BCUT2D eigenvalue weighted by Gasteiger charge is -2.30. The fourth-order valence-electron chi connectivity index (χ4n) is 2.35. The van der Waals surface area contributed by atoms with Gasteiger partial charge in [0, 0.05) is 11.7 Å². The predicted octanol–water partition coefficient (Wildman–Crippen LogP) is 2.74. The van der Waals surface area contributed by atoms with Gasteiger partial charge in [-0.25, -0.2) is 0 Å². The van der Waals surface area contributed by atoms with Gasteiger partial charge in [0.25, 0.3) is 0 Å². The fraction of sp³-hybridized carbons (Fsp3) is 0.462. The highest BCUT2D eigenvalue weighted by Gasteiger charge is 2.30. The Hall–Kier alpha value is -1.51. The van der Waals surface area contributed by atoms with Gasteiger partial charge >= 0.3 is 5.97 Å². The summed E-state index contributed by atoms with van der Waals surface area (Å²) in [5, 5.41) is 12.5. The minimum absolute atomic E-state index is 0.0775. The number of carbonyl (C=O) groups is 1. The normalized spacial score (nSPS) is 25.0. The van der Waals surface area contributed by atoms with Crippen LogP contribution in [-0.4, -0.2) is 17.1 Å². The first kappa shape index (κ1) is 11.0. The van der Waals surface area contributed by atoms with Crippen LogP contribution in [-0.2, 0) is 4.79 Å². The van der Waals surface area contributed by atoms with E-state index >= 15 is 0 Å². The highest BCUT2D eigenvalue weighted by Crippen LogP contribution is 2.27. The van der Waals surface area contributed by atoms with E-state index in [1.54, 1.807) is 0 Å².